The summed E-state index contributed by atoms with van der Waals surface area (Å²) in [6.07, 6.45) is 1.15. The van der Waals surface area contributed by atoms with Crippen molar-refractivity contribution in [1.82, 2.24) is 4.31 Å². The van der Waals surface area contributed by atoms with Crippen LogP contribution in [0.25, 0.3) is 0 Å². The van der Waals surface area contributed by atoms with Crippen molar-refractivity contribution in [1.29, 1.82) is 0 Å². The van der Waals surface area contributed by atoms with Crippen molar-refractivity contribution >= 4 is 27.3 Å². The molecule has 32 heavy (non-hydrogen) atoms. The van der Waals surface area contributed by atoms with E-state index in [9.17, 15) is 23.3 Å². The highest BCUT2D eigenvalue weighted by Crippen LogP contribution is 2.26. The Labute approximate surface area is 187 Å². The van der Waals surface area contributed by atoms with Crippen molar-refractivity contribution in [3.05, 3.63) is 63.2 Å². The number of nitro benzene ring substituents is 1. The van der Waals surface area contributed by atoms with Gasteiger partial charge in [-0.05, 0) is 56.9 Å². The number of rotatable bonds is 8. The smallest absolute Gasteiger partial charge is 0.273 e. The molecule has 1 N–H and O–H groups in total. The molecule has 0 aromatic heterocycles. The Balaban J connectivity index is 1.89. The van der Waals surface area contributed by atoms with Crippen LogP contribution in [0.15, 0.2) is 41.3 Å². The SMILES string of the molecule is Cc1ccc(S(=O)(=O)N(CC(=O)Nc2cccc(C)c2C)CC2CCCO2)cc1[N+](=O)[O-]. The molecule has 0 saturated carbocycles. The first-order valence-electron chi connectivity index (χ1n) is 10.3. The summed E-state index contributed by atoms with van der Waals surface area (Å²) in [5, 5.41) is 14.1. The lowest BCUT2D eigenvalue weighted by Gasteiger charge is -2.24. The molecule has 2 aromatic rings. The second-order valence-electron chi connectivity index (χ2n) is 7.93. The minimum atomic E-state index is -4.18. The number of sulfonamides is 1. The lowest BCUT2D eigenvalue weighted by atomic mass is 10.1. The molecule has 1 aliphatic rings. The van der Waals surface area contributed by atoms with Crippen molar-refractivity contribution in [3.8, 4) is 0 Å². The minimum Gasteiger partial charge on any atom is -0.377 e. The molecule has 0 spiro atoms. The van der Waals surface area contributed by atoms with E-state index in [1.165, 1.54) is 19.1 Å². The van der Waals surface area contributed by atoms with Crippen LogP contribution in [-0.4, -0.2) is 49.4 Å². The number of nitro groups is 1. The van der Waals surface area contributed by atoms with Gasteiger partial charge >= 0.3 is 0 Å². The van der Waals surface area contributed by atoms with Crippen molar-refractivity contribution < 1.29 is 22.9 Å². The van der Waals surface area contributed by atoms with Crippen LogP contribution >= 0.6 is 0 Å². The molecule has 1 fully saturated rings. The van der Waals surface area contributed by atoms with E-state index in [0.717, 1.165) is 27.9 Å². The lowest BCUT2D eigenvalue weighted by Crippen LogP contribution is -2.42. The minimum absolute atomic E-state index is 0.00970. The molecule has 172 valence electrons. The number of hydrogen-bond acceptors (Lipinski definition) is 6. The molecule has 0 aliphatic carbocycles. The van der Waals surface area contributed by atoms with E-state index in [-0.39, 0.29) is 23.2 Å². The molecule has 1 unspecified atom stereocenters. The summed E-state index contributed by atoms with van der Waals surface area (Å²) in [6.45, 7) is 5.42. The number of benzene rings is 2. The summed E-state index contributed by atoms with van der Waals surface area (Å²) in [7, 11) is -4.18. The Bertz CT molecular complexity index is 1130. The van der Waals surface area contributed by atoms with Gasteiger partial charge in [0.05, 0.1) is 22.5 Å². The van der Waals surface area contributed by atoms with Gasteiger partial charge in [0.25, 0.3) is 5.69 Å². The Hall–Kier alpha value is -2.82. The second kappa shape index (κ2) is 9.76. The fourth-order valence-electron chi connectivity index (χ4n) is 3.59. The van der Waals surface area contributed by atoms with Crippen LogP contribution in [0.5, 0.6) is 0 Å². The maximum absolute atomic E-state index is 13.4. The molecule has 1 saturated heterocycles. The molecule has 1 aliphatic heterocycles. The number of hydrogen-bond donors (Lipinski definition) is 1. The summed E-state index contributed by atoms with van der Waals surface area (Å²) >= 11 is 0. The third-order valence-electron chi connectivity index (χ3n) is 5.65. The van der Waals surface area contributed by atoms with Crippen LogP contribution in [-0.2, 0) is 19.6 Å². The van der Waals surface area contributed by atoms with Crippen molar-refractivity contribution in [2.45, 2.75) is 44.6 Å². The fraction of sp³-hybridized carbons (Fsp3) is 0.409. The van der Waals surface area contributed by atoms with Crippen molar-refractivity contribution in [2.24, 2.45) is 0 Å². The first-order chi connectivity index (χ1) is 15.1. The Morgan fingerprint density at radius 2 is 1.97 bits per heavy atom. The monoisotopic (exact) mass is 461 g/mol. The van der Waals surface area contributed by atoms with E-state index < -0.39 is 27.4 Å². The van der Waals surface area contributed by atoms with Crippen LogP contribution in [0.3, 0.4) is 0 Å². The Kier molecular flexibility index (Phi) is 7.27. The van der Waals surface area contributed by atoms with E-state index >= 15 is 0 Å². The van der Waals surface area contributed by atoms with Gasteiger partial charge in [-0.2, -0.15) is 4.31 Å². The quantitative estimate of drug-likeness (QED) is 0.476. The first-order valence-corrected chi connectivity index (χ1v) is 11.8. The molecule has 9 nitrogen and oxygen atoms in total. The van der Waals surface area contributed by atoms with E-state index in [1.54, 1.807) is 6.07 Å². The van der Waals surface area contributed by atoms with E-state index in [0.29, 0.717) is 24.3 Å². The highest BCUT2D eigenvalue weighted by Gasteiger charge is 2.32. The summed E-state index contributed by atoms with van der Waals surface area (Å²) in [5.41, 5.74) is 2.56. The first kappa shape index (κ1) is 23.8. The zero-order valence-electron chi connectivity index (χ0n) is 18.3. The predicted molar refractivity (Wildman–Crippen MR) is 120 cm³/mol. The summed E-state index contributed by atoms with van der Waals surface area (Å²) in [5.74, 6) is -0.498. The molecule has 0 bridgehead atoms. The topological polar surface area (TPSA) is 119 Å². The Morgan fingerprint density at radius 3 is 2.62 bits per heavy atom. The van der Waals surface area contributed by atoms with Crippen molar-refractivity contribution in [3.63, 3.8) is 0 Å². The van der Waals surface area contributed by atoms with E-state index in [4.69, 9.17) is 4.74 Å². The number of anilines is 1. The number of aryl methyl sites for hydroxylation is 2. The average molecular weight is 462 g/mol. The summed E-state index contributed by atoms with van der Waals surface area (Å²) in [4.78, 5) is 23.3. The standard InChI is InChI=1S/C22H27N3O6S/c1-15-6-4-8-20(17(15)3)23-22(26)14-24(13-18-7-5-11-31-18)32(29,30)19-10-9-16(2)21(12-19)25(27)28/h4,6,8-10,12,18H,5,7,11,13-14H2,1-3H3,(H,23,26). The normalized spacial score (nSPS) is 16.3. The molecule has 1 heterocycles. The molecule has 3 rings (SSSR count). The zero-order valence-corrected chi connectivity index (χ0v) is 19.1. The van der Waals surface area contributed by atoms with Crippen LogP contribution in [0.1, 0.15) is 29.5 Å². The maximum atomic E-state index is 13.4. The fourth-order valence-corrected chi connectivity index (χ4v) is 5.04. The van der Waals surface area contributed by atoms with Gasteiger partial charge < -0.3 is 10.1 Å². The third kappa shape index (κ3) is 5.32. The molecule has 2 aromatic carbocycles. The van der Waals surface area contributed by atoms with Gasteiger partial charge in [-0.25, -0.2) is 8.42 Å². The highest BCUT2D eigenvalue weighted by atomic mass is 32.2. The average Bonchev–Trinajstić information content (AvgIpc) is 3.24. The number of carbonyl (C=O) groups excluding carboxylic acids is 1. The second-order valence-corrected chi connectivity index (χ2v) is 9.87. The van der Waals surface area contributed by atoms with Gasteiger partial charge in [0, 0.05) is 30.5 Å². The van der Waals surface area contributed by atoms with E-state index in [2.05, 4.69) is 5.32 Å². The van der Waals surface area contributed by atoms with Crippen LogP contribution in [0.2, 0.25) is 0 Å². The number of carbonyl (C=O) groups is 1. The third-order valence-corrected chi connectivity index (χ3v) is 7.45. The van der Waals surface area contributed by atoms with Gasteiger partial charge in [-0.15, -0.1) is 0 Å². The maximum Gasteiger partial charge on any atom is 0.273 e. The number of amides is 1. The van der Waals surface area contributed by atoms with Gasteiger partial charge in [-0.3, -0.25) is 14.9 Å². The largest absolute Gasteiger partial charge is 0.377 e. The van der Waals surface area contributed by atoms with Crippen molar-refractivity contribution in [2.75, 3.05) is 25.0 Å². The van der Waals surface area contributed by atoms with Gasteiger partial charge in [0.2, 0.25) is 15.9 Å². The molecule has 0 radical (unpaired) electrons. The Morgan fingerprint density at radius 1 is 1.22 bits per heavy atom. The van der Waals surface area contributed by atoms with Gasteiger partial charge in [0.15, 0.2) is 0 Å². The van der Waals surface area contributed by atoms with Crippen LogP contribution in [0.4, 0.5) is 11.4 Å². The molecular weight excluding hydrogens is 434 g/mol. The number of ether oxygens (including phenoxy) is 1. The summed E-state index contributed by atoms with van der Waals surface area (Å²) < 4.78 is 33.4. The van der Waals surface area contributed by atoms with Crippen LogP contribution in [0, 0.1) is 30.9 Å². The summed E-state index contributed by atoms with van der Waals surface area (Å²) in [6, 6.07) is 9.24. The molecular formula is C22H27N3O6S. The molecule has 1 atom stereocenters. The van der Waals surface area contributed by atoms with Gasteiger partial charge in [-0.1, -0.05) is 18.2 Å². The molecule has 10 heteroatoms. The molecule has 1 amide bonds. The van der Waals surface area contributed by atoms with Gasteiger partial charge in [0.1, 0.15) is 0 Å². The highest BCUT2D eigenvalue weighted by molar-refractivity contribution is 7.89. The van der Waals surface area contributed by atoms with E-state index in [1.807, 2.05) is 26.0 Å². The lowest BCUT2D eigenvalue weighted by molar-refractivity contribution is -0.385. The van der Waals surface area contributed by atoms with Crippen LogP contribution < -0.4 is 5.32 Å². The number of nitrogens with one attached hydrogen (secondary N) is 1. The predicted octanol–water partition coefficient (Wildman–Crippen LogP) is 3.33. The zero-order chi connectivity index (χ0) is 23.5. The number of nitrogens with zero attached hydrogens (tertiary/aromatic N) is 2.